The Balaban J connectivity index is 1.60. The quantitative estimate of drug-likeness (QED) is 0.878. The van der Waals surface area contributed by atoms with E-state index in [4.69, 9.17) is 4.74 Å². The lowest BCUT2D eigenvalue weighted by Crippen LogP contribution is -2.45. The summed E-state index contributed by atoms with van der Waals surface area (Å²) < 4.78 is 28.9. The first-order chi connectivity index (χ1) is 10.0. The molecule has 1 N–H and O–H groups in total. The molecule has 1 aromatic carbocycles. The largest absolute Gasteiger partial charge is 0.487 e. The normalized spacial score (nSPS) is 22.7. The molecule has 2 heterocycles. The van der Waals surface area contributed by atoms with E-state index in [1.54, 1.807) is 0 Å². The minimum absolute atomic E-state index is 0.135. The molecule has 6 heteroatoms. The van der Waals surface area contributed by atoms with Crippen LogP contribution in [0, 0.1) is 5.92 Å². The third-order valence-electron chi connectivity index (χ3n) is 4.15. The maximum absolute atomic E-state index is 11.2. The highest BCUT2D eigenvalue weighted by atomic mass is 79.9. The highest BCUT2D eigenvalue weighted by Gasteiger charge is 2.35. The highest BCUT2D eigenvalue weighted by Crippen LogP contribution is 2.30. The molecule has 0 amide bonds. The Hall–Kier alpha value is -0.590. The molecule has 116 valence electrons. The van der Waals surface area contributed by atoms with Crippen LogP contribution in [0.3, 0.4) is 0 Å². The second-order valence-electron chi connectivity index (χ2n) is 5.98. The van der Waals surface area contributed by atoms with Crippen molar-refractivity contribution in [3.8, 4) is 5.75 Å². The van der Waals surface area contributed by atoms with Crippen molar-refractivity contribution in [3.63, 3.8) is 0 Å². The number of piperidine rings is 1. The van der Waals surface area contributed by atoms with Gasteiger partial charge in [0, 0.05) is 0 Å². The maximum Gasteiger partial charge on any atom is 0.157 e. The van der Waals surface area contributed by atoms with Gasteiger partial charge in [0.1, 0.15) is 11.9 Å². The monoisotopic (exact) mass is 373 g/mol. The van der Waals surface area contributed by atoms with Gasteiger partial charge in [0.15, 0.2) is 9.84 Å². The van der Waals surface area contributed by atoms with Crippen molar-refractivity contribution in [1.82, 2.24) is 5.32 Å². The number of hydrogen-bond donors (Lipinski definition) is 1. The smallest absolute Gasteiger partial charge is 0.157 e. The summed E-state index contributed by atoms with van der Waals surface area (Å²) >= 11 is 3.54. The Morgan fingerprint density at radius 3 is 2.57 bits per heavy atom. The number of rotatable bonds is 4. The maximum atomic E-state index is 11.2. The zero-order chi connectivity index (χ0) is 14.9. The Morgan fingerprint density at radius 2 is 1.95 bits per heavy atom. The van der Waals surface area contributed by atoms with Crippen molar-refractivity contribution in [2.75, 3.05) is 24.6 Å². The van der Waals surface area contributed by atoms with Gasteiger partial charge < -0.3 is 10.1 Å². The lowest BCUT2D eigenvalue weighted by molar-refractivity contribution is 0.229. The van der Waals surface area contributed by atoms with Crippen LogP contribution in [-0.2, 0) is 16.3 Å². The zero-order valence-electron chi connectivity index (χ0n) is 11.8. The van der Waals surface area contributed by atoms with E-state index in [1.807, 2.05) is 6.07 Å². The summed E-state index contributed by atoms with van der Waals surface area (Å²) in [5.41, 5.74) is 1.31. The molecule has 3 rings (SSSR count). The van der Waals surface area contributed by atoms with E-state index in [2.05, 4.69) is 33.4 Å². The van der Waals surface area contributed by atoms with Crippen molar-refractivity contribution in [1.29, 1.82) is 0 Å². The molecule has 0 unspecified atom stereocenters. The molecule has 0 bridgehead atoms. The second-order valence-corrected chi connectivity index (χ2v) is 8.99. The van der Waals surface area contributed by atoms with Crippen LogP contribution in [-0.4, -0.2) is 39.1 Å². The van der Waals surface area contributed by atoms with Crippen LogP contribution >= 0.6 is 15.9 Å². The topological polar surface area (TPSA) is 55.4 Å². The lowest BCUT2D eigenvalue weighted by Gasteiger charge is -2.27. The molecule has 0 spiro atoms. The first-order valence-electron chi connectivity index (χ1n) is 7.38. The molecular formula is C15H20BrNO3S. The predicted octanol–water partition coefficient (Wildman–Crippen LogP) is 2.17. The molecule has 0 radical (unpaired) electrons. The molecule has 21 heavy (non-hydrogen) atoms. The van der Waals surface area contributed by atoms with Gasteiger partial charge in [-0.25, -0.2) is 8.42 Å². The average Bonchev–Trinajstić information content (AvgIpc) is 2.41. The van der Waals surface area contributed by atoms with Crippen LogP contribution < -0.4 is 10.1 Å². The van der Waals surface area contributed by atoms with Crippen LogP contribution in [0.25, 0.3) is 0 Å². The van der Waals surface area contributed by atoms with E-state index < -0.39 is 9.84 Å². The molecule has 1 aromatic rings. The van der Waals surface area contributed by atoms with Gasteiger partial charge in [-0.05, 0) is 71.9 Å². The van der Waals surface area contributed by atoms with Crippen molar-refractivity contribution in [2.45, 2.75) is 25.4 Å². The van der Waals surface area contributed by atoms with Gasteiger partial charge in [-0.15, -0.1) is 0 Å². The Bertz CT molecular complexity index is 599. The van der Waals surface area contributed by atoms with Crippen molar-refractivity contribution in [2.24, 2.45) is 5.92 Å². The minimum Gasteiger partial charge on any atom is -0.487 e. The standard InChI is InChI=1S/C15H20BrNO3S/c16-14-8-12(7-11-3-5-17-6-4-11)1-2-15(14)20-13-9-21(18,19)10-13/h1-2,8,11,13,17H,3-7,9-10H2. The third-order valence-corrected chi connectivity index (χ3v) is 6.53. The van der Waals surface area contributed by atoms with E-state index in [0.717, 1.165) is 35.7 Å². The zero-order valence-corrected chi connectivity index (χ0v) is 14.2. The molecule has 0 saturated carbocycles. The second kappa shape index (κ2) is 6.26. The number of ether oxygens (including phenoxy) is 1. The van der Waals surface area contributed by atoms with Gasteiger partial charge in [-0.3, -0.25) is 0 Å². The summed E-state index contributed by atoms with van der Waals surface area (Å²) in [7, 11) is -2.84. The van der Waals surface area contributed by atoms with Crippen LogP contribution in [0.5, 0.6) is 5.75 Å². The van der Waals surface area contributed by atoms with Crippen LogP contribution in [0.15, 0.2) is 22.7 Å². The Labute approximate surface area is 134 Å². The SMILES string of the molecule is O=S1(=O)CC(Oc2ccc(CC3CCNCC3)cc2Br)C1. The first-order valence-corrected chi connectivity index (χ1v) is 9.99. The minimum atomic E-state index is -2.84. The molecule has 2 fully saturated rings. The molecule has 2 saturated heterocycles. The van der Waals surface area contributed by atoms with Gasteiger partial charge in [-0.1, -0.05) is 6.07 Å². The number of sulfone groups is 1. The van der Waals surface area contributed by atoms with E-state index in [1.165, 1.54) is 18.4 Å². The molecular weight excluding hydrogens is 354 g/mol. The fraction of sp³-hybridized carbons (Fsp3) is 0.600. The number of nitrogens with one attached hydrogen (secondary N) is 1. The van der Waals surface area contributed by atoms with E-state index in [9.17, 15) is 8.42 Å². The van der Waals surface area contributed by atoms with Crippen LogP contribution in [0.4, 0.5) is 0 Å². The van der Waals surface area contributed by atoms with Gasteiger partial charge in [0.2, 0.25) is 0 Å². The molecule has 0 atom stereocenters. The first kappa shape index (κ1) is 15.3. The Kier molecular flexibility index (Phi) is 4.57. The third kappa shape index (κ3) is 3.99. The Morgan fingerprint density at radius 1 is 1.24 bits per heavy atom. The summed E-state index contributed by atoms with van der Waals surface area (Å²) in [6.07, 6.45) is 3.37. The van der Waals surface area contributed by atoms with Crippen molar-refractivity contribution < 1.29 is 13.2 Å². The van der Waals surface area contributed by atoms with Gasteiger partial charge >= 0.3 is 0 Å². The highest BCUT2D eigenvalue weighted by molar-refractivity contribution is 9.10. The van der Waals surface area contributed by atoms with Crippen LogP contribution in [0.2, 0.25) is 0 Å². The van der Waals surface area contributed by atoms with Gasteiger partial charge in [-0.2, -0.15) is 0 Å². The summed E-state index contributed by atoms with van der Waals surface area (Å²) in [5.74, 6) is 1.76. The van der Waals surface area contributed by atoms with E-state index in [0.29, 0.717) is 0 Å². The lowest BCUT2D eigenvalue weighted by atomic mass is 9.91. The molecule has 2 aliphatic heterocycles. The molecule has 0 aliphatic carbocycles. The van der Waals surface area contributed by atoms with Gasteiger partial charge in [0.05, 0.1) is 16.0 Å². The predicted molar refractivity (Wildman–Crippen MR) is 86.5 cm³/mol. The van der Waals surface area contributed by atoms with Crippen LogP contribution in [0.1, 0.15) is 18.4 Å². The average molecular weight is 374 g/mol. The van der Waals surface area contributed by atoms with E-state index in [-0.39, 0.29) is 17.6 Å². The molecule has 2 aliphatic rings. The van der Waals surface area contributed by atoms with Crippen molar-refractivity contribution in [3.05, 3.63) is 28.2 Å². The van der Waals surface area contributed by atoms with Gasteiger partial charge in [0.25, 0.3) is 0 Å². The fourth-order valence-corrected chi connectivity index (χ4v) is 4.64. The summed E-state index contributed by atoms with van der Waals surface area (Å²) in [6, 6.07) is 6.14. The molecule has 0 aromatic heterocycles. The summed E-state index contributed by atoms with van der Waals surface area (Å²) in [4.78, 5) is 0. The number of hydrogen-bond acceptors (Lipinski definition) is 4. The van der Waals surface area contributed by atoms with Crippen molar-refractivity contribution >= 4 is 25.8 Å². The number of halogens is 1. The summed E-state index contributed by atoms with van der Waals surface area (Å²) in [6.45, 7) is 2.23. The fourth-order valence-electron chi connectivity index (χ4n) is 2.95. The number of benzene rings is 1. The van der Waals surface area contributed by atoms with E-state index >= 15 is 0 Å². The molecule has 4 nitrogen and oxygen atoms in total. The summed E-state index contributed by atoms with van der Waals surface area (Å²) in [5, 5.41) is 3.38.